The zero-order valence-electron chi connectivity index (χ0n) is 13.7. The lowest BCUT2D eigenvalue weighted by molar-refractivity contribution is -0.117. The first-order valence-corrected chi connectivity index (χ1v) is 9.56. The standard InChI is InChI=1S/C18H17Cl4N3O/c19-12-7-13(20)17(22)18(16(12)21)24-15(26)9-25-6-5-10-3-1-2-4-11(10)14(23)8-25/h1-4,7,14H,5-6,8-9,23H2,(H,24,26). The summed E-state index contributed by atoms with van der Waals surface area (Å²) >= 11 is 24.3. The third-order valence-electron chi connectivity index (χ3n) is 4.35. The maximum absolute atomic E-state index is 12.5. The molecule has 1 aliphatic heterocycles. The molecular weight excluding hydrogens is 416 g/mol. The van der Waals surface area contributed by atoms with Gasteiger partial charge in [0.2, 0.25) is 5.91 Å². The molecule has 0 aromatic heterocycles. The number of benzene rings is 2. The molecule has 0 saturated heterocycles. The summed E-state index contributed by atoms with van der Waals surface area (Å²) in [6, 6.07) is 9.39. The number of anilines is 1. The van der Waals surface area contributed by atoms with Crippen molar-refractivity contribution >= 4 is 58.0 Å². The first kappa shape index (κ1) is 19.7. The molecule has 1 aliphatic rings. The molecule has 1 atom stereocenters. The van der Waals surface area contributed by atoms with Gasteiger partial charge in [-0.25, -0.2) is 0 Å². The lowest BCUT2D eigenvalue weighted by Gasteiger charge is -2.22. The Hall–Kier alpha value is -1.01. The lowest BCUT2D eigenvalue weighted by Crippen LogP contribution is -2.37. The first-order chi connectivity index (χ1) is 12.4. The Kier molecular flexibility index (Phi) is 6.33. The minimum absolute atomic E-state index is 0.144. The molecular formula is C18H17Cl4N3O. The van der Waals surface area contributed by atoms with Crippen LogP contribution in [0, 0.1) is 0 Å². The van der Waals surface area contributed by atoms with E-state index in [-0.39, 0.29) is 44.3 Å². The molecule has 8 heteroatoms. The van der Waals surface area contributed by atoms with E-state index in [1.165, 1.54) is 11.6 Å². The summed E-state index contributed by atoms with van der Waals surface area (Å²) in [5, 5.41) is 3.48. The van der Waals surface area contributed by atoms with Gasteiger partial charge in [0.25, 0.3) is 0 Å². The number of hydrogen-bond donors (Lipinski definition) is 2. The summed E-state index contributed by atoms with van der Waals surface area (Å²) in [5.74, 6) is -0.259. The van der Waals surface area contributed by atoms with E-state index in [9.17, 15) is 4.79 Å². The maximum Gasteiger partial charge on any atom is 0.238 e. The van der Waals surface area contributed by atoms with E-state index in [1.54, 1.807) is 0 Å². The molecule has 1 unspecified atom stereocenters. The van der Waals surface area contributed by atoms with Gasteiger partial charge in [0.05, 0.1) is 32.3 Å². The van der Waals surface area contributed by atoms with Gasteiger partial charge in [-0.2, -0.15) is 0 Å². The number of carbonyl (C=O) groups is 1. The van der Waals surface area contributed by atoms with Crippen LogP contribution in [0.1, 0.15) is 17.2 Å². The van der Waals surface area contributed by atoms with Crippen molar-refractivity contribution in [3.8, 4) is 0 Å². The molecule has 3 N–H and O–H groups in total. The van der Waals surface area contributed by atoms with Gasteiger partial charge >= 0.3 is 0 Å². The molecule has 0 spiro atoms. The van der Waals surface area contributed by atoms with Gasteiger partial charge in [-0.3, -0.25) is 9.69 Å². The number of hydrogen-bond acceptors (Lipinski definition) is 3. The topological polar surface area (TPSA) is 58.4 Å². The highest BCUT2D eigenvalue weighted by atomic mass is 35.5. The van der Waals surface area contributed by atoms with Gasteiger partial charge in [-0.05, 0) is 23.6 Å². The van der Waals surface area contributed by atoms with Crippen LogP contribution in [0.5, 0.6) is 0 Å². The predicted molar refractivity (Wildman–Crippen MR) is 109 cm³/mol. The summed E-state index contributed by atoms with van der Waals surface area (Å²) < 4.78 is 0. The predicted octanol–water partition coefficient (Wildman–Crippen LogP) is 4.80. The molecule has 4 nitrogen and oxygen atoms in total. The Labute approximate surface area is 172 Å². The third-order valence-corrected chi connectivity index (χ3v) is 5.93. The number of halogens is 4. The minimum atomic E-state index is -0.259. The molecule has 138 valence electrons. The Morgan fingerprint density at radius 2 is 1.81 bits per heavy atom. The number of amides is 1. The van der Waals surface area contributed by atoms with Crippen LogP contribution in [0.2, 0.25) is 20.1 Å². The Bertz CT molecular complexity index is 817. The molecule has 0 radical (unpaired) electrons. The van der Waals surface area contributed by atoms with Gasteiger partial charge in [-0.1, -0.05) is 70.7 Å². The SMILES string of the molecule is NC1CN(CC(=O)Nc2c(Cl)c(Cl)cc(Cl)c2Cl)CCc2ccccc21. The van der Waals surface area contributed by atoms with Crippen LogP contribution in [0.3, 0.4) is 0 Å². The second kappa shape index (κ2) is 8.34. The lowest BCUT2D eigenvalue weighted by atomic mass is 10.0. The number of rotatable bonds is 3. The average molecular weight is 433 g/mol. The van der Waals surface area contributed by atoms with Crippen molar-refractivity contribution in [2.24, 2.45) is 5.73 Å². The first-order valence-electron chi connectivity index (χ1n) is 8.05. The summed E-state index contributed by atoms with van der Waals surface area (Å²) in [6.45, 7) is 1.48. The molecule has 0 aliphatic carbocycles. The molecule has 1 heterocycles. The number of nitrogens with zero attached hydrogens (tertiary/aromatic N) is 1. The fourth-order valence-electron chi connectivity index (χ4n) is 3.08. The highest BCUT2D eigenvalue weighted by Gasteiger charge is 2.23. The van der Waals surface area contributed by atoms with Crippen LogP contribution in [-0.2, 0) is 11.2 Å². The second-order valence-electron chi connectivity index (χ2n) is 6.18. The van der Waals surface area contributed by atoms with Crippen molar-refractivity contribution in [2.45, 2.75) is 12.5 Å². The summed E-state index contributed by atoms with van der Waals surface area (Å²) in [5.41, 5.74) is 8.87. The minimum Gasteiger partial charge on any atom is -0.323 e. The Morgan fingerprint density at radius 1 is 1.15 bits per heavy atom. The van der Waals surface area contributed by atoms with Crippen molar-refractivity contribution in [3.05, 3.63) is 61.5 Å². The van der Waals surface area contributed by atoms with E-state index >= 15 is 0 Å². The quantitative estimate of drug-likeness (QED) is 0.685. The highest BCUT2D eigenvalue weighted by molar-refractivity contribution is 6.50. The fourth-order valence-corrected chi connectivity index (χ4v) is 3.98. The van der Waals surface area contributed by atoms with Gasteiger partial charge in [0, 0.05) is 19.1 Å². The summed E-state index contributed by atoms with van der Waals surface area (Å²) in [4.78, 5) is 14.5. The van der Waals surface area contributed by atoms with Crippen molar-refractivity contribution in [2.75, 3.05) is 25.0 Å². The van der Waals surface area contributed by atoms with E-state index in [0.717, 1.165) is 18.5 Å². The van der Waals surface area contributed by atoms with Crippen molar-refractivity contribution in [1.29, 1.82) is 0 Å². The molecule has 0 fully saturated rings. The van der Waals surface area contributed by atoms with Gasteiger partial charge < -0.3 is 11.1 Å². The number of nitrogens with one attached hydrogen (secondary N) is 1. The maximum atomic E-state index is 12.5. The van der Waals surface area contributed by atoms with E-state index in [4.69, 9.17) is 52.1 Å². The van der Waals surface area contributed by atoms with Crippen LogP contribution >= 0.6 is 46.4 Å². The molecule has 26 heavy (non-hydrogen) atoms. The third kappa shape index (κ3) is 4.28. The van der Waals surface area contributed by atoms with Crippen LogP contribution in [0.25, 0.3) is 0 Å². The second-order valence-corrected chi connectivity index (χ2v) is 7.75. The summed E-state index contributed by atoms with van der Waals surface area (Å²) in [7, 11) is 0. The fraction of sp³-hybridized carbons (Fsp3) is 0.278. The van der Waals surface area contributed by atoms with Crippen LogP contribution < -0.4 is 11.1 Å². The van der Waals surface area contributed by atoms with E-state index in [1.807, 2.05) is 23.1 Å². The van der Waals surface area contributed by atoms with Crippen LogP contribution in [0.4, 0.5) is 5.69 Å². The van der Waals surface area contributed by atoms with Crippen LogP contribution in [-0.4, -0.2) is 30.4 Å². The van der Waals surface area contributed by atoms with E-state index in [0.29, 0.717) is 6.54 Å². The van der Waals surface area contributed by atoms with E-state index < -0.39 is 0 Å². The number of nitrogens with two attached hydrogens (primary N) is 1. The monoisotopic (exact) mass is 431 g/mol. The number of carbonyl (C=O) groups excluding carboxylic acids is 1. The smallest absolute Gasteiger partial charge is 0.238 e. The van der Waals surface area contributed by atoms with Crippen molar-refractivity contribution in [3.63, 3.8) is 0 Å². The Balaban J connectivity index is 1.70. The molecule has 1 amide bonds. The van der Waals surface area contributed by atoms with Crippen molar-refractivity contribution < 1.29 is 4.79 Å². The normalized spacial score (nSPS) is 17.5. The average Bonchev–Trinajstić information content (AvgIpc) is 2.76. The van der Waals surface area contributed by atoms with Crippen molar-refractivity contribution in [1.82, 2.24) is 4.90 Å². The zero-order valence-corrected chi connectivity index (χ0v) is 16.8. The van der Waals surface area contributed by atoms with Gasteiger partial charge in [0.1, 0.15) is 0 Å². The van der Waals surface area contributed by atoms with Gasteiger partial charge in [-0.15, -0.1) is 0 Å². The molecule has 2 aromatic carbocycles. The molecule has 0 saturated carbocycles. The molecule has 0 bridgehead atoms. The zero-order chi connectivity index (χ0) is 18.8. The highest BCUT2D eigenvalue weighted by Crippen LogP contribution is 2.41. The van der Waals surface area contributed by atoms with Crippen LogP contribution in [0.15, 0.2) is 30.3 Å². The largest absolute Gasteiger partial charge is 0.323 e. The van der Waals surface area contributed by atoms with E-state index in [2.05, 4.69) is 11.4 Å². The number of fused-ring (bicyclic) bond motifs is 1. The van der Waals surface area contributed by atoms with Gasteiger partial charge in [0.15, 0.2) is 0 Å². The Morgan fingerprint density at radius 3 is 2.50 bits per heavy atom. The molecule has 2 aromatic rings. The molecule has 3 rings (SSSR count). The summed E-state index contributed by atoms with van der Waals surface area (Å²) in [6.07, 6.45) is 0.835.